The van der Waals surface area contributed by atoms with Crippen molar-refractivity contribution < 1.29 is 9.53 Å². The van der Waals surface area contributed by atoms with Gasteiger partial charge in [0, 0.05) is 13.1 Å². The average Bonchev–Trinajstić information content (AvgIpc) is 2.78. The zero-order valence-corrected chi connectivity index (χ0v) is 17.3. The van der Waals surface area contributed by atoms with E-state index in [2.05, 4.69) is 84.6 Å². The first-order valence-corrected chi connectivity index (χ1v) is 10.5. The summed E-state index contributed by atoms with van der Waals surface area (Å²) in [6.07, 6.45) is -0.0307. The van der Waals surface area contributed by atoms with Gasteiger partial charge in [0.05, 0.1) is 5.54 Å². The number of nitrogens with zero attached hydrogens (tertiary/aromatic N) is 1. The van der Waals surface area contributed by atoms with E-state index >= 15 is 0 Å². The number of carbonyl (C=O) groups is 1. The molecule has 0 saturated carbocycles. The van der Waals surface area contributed by atoms with Crippen LogP contribution < -0.4 is 5.73 Å². The zero-order chi connectivity index (χ0) is 21.0. The lowest BCUT2D eigenvalue weighted by molar-refractivity contribution is -0.0125. The van der Waals surface area contributed by atoms with E-state index in [-0.39, 0.29) is 12.0 Å². The van der Waals surface area contributed by atoms with Crippen LogP contribution in [0.3, 0.4) is 0 Å². The molecule has 0 aliphatic carbocycles. The molecule has 30 heavy (non-hydrogen) atoms. The predicted molar refractivity (Wildman–Crippen MR) is 119 cm³/mol. The van der Waals surface area contributed by atoms with E-state index in [0.717, 1.165) is 13.0 Å². The van der Waals surface area contributed by atoms with Gasteiger partial charge in [-0.05, 0) is 29.0 Å². The molecule has 0 radical (unpaired) electrons. The Morgan fingerprint density at radius 3 is 1.70 bits per heavy atom. The molecule has 0 bridgehead atoms. The Morgan fingerprint density at radius 2 is 1.30 bits per heavy atom. The maximum absolute atomic E-state index is 11.6. The first kappa shape index (κ1) is 20.2. The highest BCUT2D eigenvalue weighted by Gasteiger charge is 2.45. The van der Waals surface area contributed by atoms with Gasteiger partial charge in [0.15, 0.2) is 0 Å². The highest BCUT2D eigenvalue weighted by atomic mass is 16.6. The van der Waals surface area contributed by atoms with Crippen LogP contribution in [-0.2, 0) is 10.3 Å². The summed E-state index contributed by atoms with van der Waals surface area (Å²) < 4.78 is 5.53. The van der Waals surface area contributed by atoms with E-state index in [4.69, 9.17) is 10.5 Å². The molecule has 1 heterocycles. The number of hydrogen-bond acceptors (Lipinski definition) is 3. The van der Waals surface area contributed by atoms with E-state index in [9.17, 15) is 4.79 Å². The molecule has 1 aliphatic heterocycles. The van der Waals surface area contributed by atoms with Crippen LogP contribution in [-0.4, -0.2) is 30.2 Å². The predicted octanol–water partition coefficient (Wildman–Crippen LogP) is 4.78. The second kappa shape index (κ2) is 8.72. The summed E-state index contributed by atoms with van der Waals surface area (Å²) in [6, 6.07) is 31.7. The topological polar surface area (TPSA) is 55.6 Å². The standard InChI is InChI=1S/C26H28N2O2/c1-20-17-18-28(19-24(20)30-25(27)29)26(21-11-5-2-6-12-21,22-13-7-3-8-14-22)23-15-9-4-10-16-23/h2-16,20,24H,17-19H2,1H3,(H2,27,29). The number of rotatable bonds is 5. The van der Waals surface area contributed by atoms with Crippen molar-refractivity contribution in [3.63, 3.8) is 0 Å². The molecule has 1 amide bonds. The first-order valence-electron chi connectivity index (χ1n) is 10.5. The number of primary amides is 1. The van der Waals surface area contributed by atoms with Crippen LogP contribution in [0.5, 0.6) is 0 Å². The zero-order valence-electron chi connectivity index (χ0n) is 17.3. The van der Waals surface area contributed by atoms with Gasteiger partial charge >= 0.3 is 6.09 Å². The molecule has 2 N–H and O–H groups in total. The summed E-state index contributed by atoms with van der Waals surface area (Å²) in [5.74, 6) is 0.258. The van der Waals surface area contributed by atoms with Crippen molar-refractivity contribution in [3.05, 3.63) is 108 Å². The molecule has 0 aromatic heterocycles. The molecule has 1 saturated heterocycles. The quantitative estimate of drug-likeness (QED) is 0.627. The Labute approximate surface area is 178 Å². The number of piperidine rings is 1. The summed E-state index contributed by atoms with van der Waals surface area (Å²) >= 11 is 0. The summed E-state index contributed by atoms with van der Waals surface area (Å²) in [4.78, 5) is 14.0. The highest BCUT2D eigenvalue weighted by Crippen LogP contribution is 2.44. The number of carbonyl (C=O) groups excluding carboxylic acids is 1. The van der Waals surface area contributed by atoms with Crippen molar-refractivity contribution in [1.29, 1.82) is 0 Å². The molecular formula is C26H28N2O2. The summed E-state index contributed by atoms with van der Waals surface area (Å²) in [5.41, 5.74) is 8.47. The van der Waals surface area contributed by atoms with E-state index in [1.165, 1.54) is 16.7 Å². The summed E-state index contributed by atoms with van der Waals surface area (Å²) in [6.45, 7) is 3.63. The van der Waals surface area contributed by atoms with Crippen molar-refractivity contribution in [2.45, 2.75) is 25.0 Å². The van der Waals surface area contributed by atoms with Gasteiger partial charge in [-0.1, -0.05) is 97.9 Å². The van der Waals surface area contributed by atoms with Crippen molar-refractivity contribution >= 4 is 6.09 Å². The number of ether oxygens (including phenoxy) is 1. The van der Waals surface area contributed by atoms with E-state index in [1.807, 2.05) is 18.2 Å². The third kappa shape index (κ3) is 3.71. The fraction of sp³-hybridized carbons (Fsp3) is 0.269. The molecule has 2 atom stereocenters. The lowest BCUT2D eigenvalue weighted by Gasteiger charge is -2.49. The molecule has 2 unspecified atom stereocenters. The van der Waals surface area contributed by atoms with E-state index in [1.54, 1.807) is 0 Å². The van der Waals surface area contributed by atoms with Crippen LogP contribution in [0, 0.1) is 5.92 Å². The number of nitrogens with two attached hydrogens (primary N) is 1. The van der Waals surface area contributed by atoms with Crippen LogP contribution in [0.4, 0.5) is 4.79 Å². The van der Waals surface area contributed by atoms with Crippen molar-refractivity contribution in [3.8, 4) is 0 Å². The average molecular weight is 401 g/mol. The van der Waals surface area contributed by atoms with Gasteiger partial charge in [0.1, 0.15) is 6.10 Å². The summed E-state index contributed by atoms with van der Waals surface area (Å²) in [5, 5.41) is 0. The van der Waals surface area contributed by atoms with Gasteiger partial charge in [-0.25, -0.2) is 4.79 Å². The smallest absolute Gasteiger partial charge is 0.404 e. The van der Waals surface area contributed by atoms with Gasteiger partial charge in [0.2, 0.25) is 0 Å². The van der Waals surface area contributed by atoms with Gasteiger partial charge in [0.25, 0.3) is 0 Å². The van der Waals surface area contributed by atoms with Crippen LogP contribution >= 0.6 is 0 Å². The highest BCUT2D eigenvalue weighted by molar-refractivity contribution is 5.64. The molecule has 3 aromatic carbocycles. The fourth-order valence-electron chi connectivity index (χ4n) is 4.73. The third-order valence-electron chi connectivity index (χ3n) is 6.21. The molecule has 154 valence electrons. The monoisotopic (exact) mass is 400 g/mol. The van der Waals surface area contributed by atoms with Crippen molar-refractivity contribution in [1.82, 2.24) is 4.90 Å². The van der Waals surface area contributed by atoms with Crippen LogP contribution in [0.15, 0.2) is 91.0 Å². The van der Waals surface area contributed by atoms with E-state index in [0.29, 0.717) is 6.54 Å². The third-order valence-corrected chi connectivity index (χ3v) is 6.21. The SMILES string of the molecule is CC1CCN(C(c2ccccc2)(c2ccccc2)c2ccccc2)CC1OC(N)=O. The molecular weight excluding hydrogens is 372 g/mol. The van der Waals surface area contributed by atoms with Crippen LogP contribution in [0.25, 0.3) is 0 Å². The normalized spacial score (nSPS) is 19.9. The molecule has 1 aliphatic rings. The van der Waals surface area contributed by atoms with Gasteiger partial charge in [-0.15, -0.1) is 0 Å². The molecule has 0 spiro atoms. The molecule has 4 rings (SSSR count). The maximum Gasteiger partial charge on any atom is 0.404 e. The minimum atomic E-state index is -0.710. The number of amides is 1. The number of likely N-dealkylation sites (tertiary alicyclic amines) is 1. The lowest BCUT2D eigenvalue weighted by Crippen LogP contribution is -2.56. The Kier molecular flexibility index (Phi) is 5.86. The largest absolute Gasteiger partial charge is 0.445 e. The van der Waals surface area contributed by atoms with Crippen LogP contribution in [0.2, 0.25) is 0 Å². The Morgan fingerprint density at radius 1 is 0.867 bits per heavy atom. The van der Waals surface area contributed by atoms with Gasteiger partial charge in [-0.3, -0.25) is 4.90 Å². The summed E-state index contributed by atoms with van der Waals surface area (Å²) in [7, 11) is 0. The first-order chi connectivity index (χ1) is 14.6. The molecule has 4 heteroatoms. The fourth-order valence-corrected chi connectivity index (χ4v) is 4.73. The van der Waals surface area contributed by atoms with Gasteiger partial charge < -0.3 is 10.5 Å². The number of hydrogen-bond donors (Lipinski definition) is 1. The second-order valence-electron chi connectivity index (χ2n) is 8.00. The lowest BCUT2D eigenvalue weighted by atomic mass is 9.74. The molecule has 3 aromatic rings. The minimum absolute atomic E-state index is 0.244. The molecule has 4 nitrogen and oxygen atoms in total. The molecule has 1 fully saturated rings. The Bertz CT molecular complexity index is 863. The van der Waals surface area contributed by atoms with Crippen molar-refractivity contribution in [2.24, 2.45) is 11.7 Å². The van der Waals surface area contributed by atoms with Gasteiger partial charge in [-0.2, -0.15) is 0 Å². The van der Waals surface area contributed by atoms with Crippen LogP contribution in [0.1, 0.15) is 30.0 Å². The maximum atomic E-state index is 11.6. The Hall–Kier alpha value is -3.11. The number of benzene rings is 3. The minimum Gasteiger partial charge on any atom is -0.445 e. The second-order valence-corrected chi connectivity index (χ2v) is 8.00. The van der Waals surface area contributed by atoms with E-state index < -0.39 is 11.6 Å². The van der Waals surface area contributed by atoms with Crippen molar-refractivity contribution in [2.75, 3.05) is 13.1 Å². The Balaban J connectivity index is 1.92.